The standard InChI is InChI=1S/C64H42N8/c1-4-11-49(12-5-1)59-67-60(50-13-6-2-7-14-50)69-62(68-59)53-31-25-46(26-32-53)55-17-10-18-56(41-55)58-36-35-57(42-66-58)47-27-33-54(34-28-47)64-71-61(51-15-8-3-9-16-51)70-63(72-64)52-29-23-44(24-30-52)43-19-21-45(22-20-43)48-37-39-65-40-38-48/h1-42H. The minimum atomic E-state index is 0.601. The van der Waals surface area contributed by atoms with Crippen LogP contribution in [-0.4, -0.2) is 39.9 Å². The summed E-state index contributed by atoms with van der Waals surface area (Å²) in [6.07, 6.45) is 5.56. The Hall–Kier alpha value is -9.92. The van der Waals surface area contributed by atoms with Crippen molar-refractivity contribution in [3.05, 3.63) is 255 Å². The second-order valence-electron chi connectivity index (χ2n) is 17.3. The van der Waals surface area contributed by atoms with Crippen LogP contribution in [0.25, 0.3) is 124 Å². The molecular formula is C64H42N8. The Morgan fingerprint density at radius 1 is 0.194 bits per heavy atom. The lowest BCUT2D eigenvalue weighted by atomic mass is 9.99. The van der Waals surface area contributed by atoms with Gasteiger partial charge in [-0.15, -0.1) is 0 Å². The van der Waals surface area contributed by atoms with Crippen molar-refractivity contribution in [3.8, 4) is 124 Å². The molecule has 0 fully saturated rings. The average Bonchev–Trinajstić information content (AvgIpc) is 3.48. The molecule has 0 aliphatic rings. The lowest BCUT2D eigenvalue weighted by Gasteiger charge is -2.10. The van der Waals surface area contributed by atoms with Gasteiger partial charge in [0.1, 0.15) is 0 Å². The summed E-state index contributed by atoms with van der Waals surface area (Å²) in [5.74, 6) is 3.72. The Kier molecular flexibility index (Phi) is 11.8. The molecule has 8 nitrogen and oxygen atoms in total. The highest BCUT2D eigenvalue weighted by Gasteiger charge is 2.15. The van der Waals surface area contributed by atoms with Crippen molar-refractivity contribution in [3.63, 3.8) is 0 Å². The molecule has 4 heterocycles. The van der Waals surface area contributed by atoms with Crippen molar-refractivity contribution in [1.29, 1.82) is 0 Å². The van der Waals surface area contributed by atoms with Crippen LogP contribution in [0, 0.1) is 0 Å². The zero-order valence-electron chi connectivity index (χ0n) is 38.8. The molecule has 0 aliphatic carbocycles. The third kappa shape index (κ3) is 9.31. The van der Waals surface area contributed by atoms with Crippen molar-refractivity contribution < 1.29 is 0 Å². The van der Waals surface area contributed by atoms with Crippen LogP contribution in [0.15, 0.2) is 255 Å². The fraction of sp³-hybridized carbons (Fsp3) is 0. The Labute approximate surface area is 417 Å². The van der Waals surface area contributed by atoms with Gasteiger partial charge < -0.3 is 0 Å². The number of rotatable bonds is 11. The zero-order chi connectivity index (χ0) is 48.1. The van der Waals surface area contributed by atoms with E-state index in [0.29, 0.717) is 34.9 Å². The minimum Gasteiger partial charge on any atom is -0.265 e. The summed E-state index contributed by atoms with van der Waals surface area (Å²) >= 11 is 0. The number of aromatic nitrogens is 8. The van der Waals surface area contributed by atoms with Crippen LogP contribution in [0.5, 0.6) is 0 Å². The van der Waals surface area contributed by atoms with E-state index in [1.54, 1.807) is 0 Å². The van der Waals surface area contributed by atoms with Crippen LogP contribution in [0.3, 0.4) is 0 Å². The van der Waals surface area contributed by atoms with Crippen LogP contribution >= 0.6 is 0 Å². The van der Waals surface area contributed by atoms with Crippen molar-refractivity contribution in [2.75, 3.05) is 0 Å². The molecule has 0 amide bonds. The first kappa shape index (κ1) is 43.4. The predicted molar refractivity (Wildman–Crippen MR) is 289 cm³/mol. The molecule has 0 radical (unpaired) electrons. The van der Waals surface area contributed by atoms with Crippen LogP contribution < -0.4 is 0 Å². The van der Waals surface area contributed by atoms with Crippen LogP contribution in [0.1, 0.15) is 0 Å². The maximum atomic E-state index is 5.02. The number of hydrogen-bond acceptors (Lipinski definition) is 8. The van der Waals surface area contributed by atoms with Crippen LogP contribution in [0.2, 0.25) is 0 Å². The molecule has 0 bridgehead atoms. The second kappa shape index (κ2) is 19.6. The molecule has 4 aromatic heterocycles. The molecule has 0 unspecified atom stereocenters. The maximum Gasteiger partial charge on any atom is 0.164 e. The highest BCUT2D eigenvalue weighted by molar-refractivity contribution is 5.77. The van der Waals surface area contributed by atoms with E-state index in [4.69, 9.17) is 34.9 Å². The largest absolute Gasteiger partial charge is 0.265 e. The van der Waals surface area contributed by atoms with Crippen LogP contribution in [0.4, 0.5) is 0 Å². The Bertz CT molecular complexity index is 3720. The van der Waals surface area contributed by atoms with Gasteiger partial charge in [0.15, 0.2) is 34.9 Å². The topological polar surface area (TPSA) is 103 Å². The third-order valence-electron chi connectivity index (χ3n) is 12.6. The van der Waals surface area contributed by atoms with Crippen LogP contribution in [-0.2, 0) is 0 Å². The van der Waals surface area contributed by atoms with E-state index in [-0.39, 0.29) is 0 Å². The first-order chi connectivity index (χ1) is 35.6. The highest BCUT2D eigenvalue weighted by atomic mass is 15.0. The van der Waals surface area contributed by atoms with Gasteiger partial charge >= 0.3 is 0 Å². The second-order valence-corrected chi connectivity index (χ2v) is 17.3. The zero-order valence-corrected chi connectivity index (χ0v) is 38.8. The fourth-order valence-electron chi connectivity index (χ4n) is 8.72. The molecule has 0 saturated carbocycles. The van der Waals surface area contributed by atoms with Gasteiger partial charge in [-0.25, -0.2) is 29.9 Å². The SMILES string of the molecule is c1ccc(-c2nc(-c3ccccc3)nc(-c3ccc(-c4cccc(-c5ccc(-c6ccc(-c7nc(-c8ccccc8)nc(-c8ccc(-c9ccc(-c%10ccncc%10)cc9)cc8)n7)cc6)cn5)c4)cc3)n2)cc1. The fourth-order valence-corrected chi connectivity index (χ4v) is 8.72. The quantitative estimate of drug-likeness (QED) is 0.126. The summed E-state index contributed by atoms with van der Waals surface area (Å²) in [7, 11) is 0. The van der Waals surface area contributed by atoms with E-state index < -0.39 is 0 Å². The number of pyridine rings is 2. The maximum absolute atomic E-state index is 5.02. The van der Waals surface area contributed by atoms with Gasteiger partial charge in [0.05, 0.1) is 5.69 Å². The van der Waals surface area contributed by atoms with Crippen molar-refractivity contribution in [1.82, 2.24) is 39.9 Å². The number of benzene rings is 8. The van der Waals surface area contributed by atoms with Gasteiger partial charge in [-0.1, -0.05) is 212 Å². The molecule has 12 rings (SSSR count). The van der Waals surface area contributed by atoms with E-state index in [1.165, 1.54) is 0 Å². The monoisotopic (exact) mass is 922 g/mol. The molecule has 12 aromatic rings. The summed E-state index contributed by atoms with van der Waals surface area (Å²) in [6, 6.07) is 80.5. The molecule has 338 valence electrons. The summed E-state index contributed by atoms with van der Waals surface area (Å²) < 4.78 is 0. The molecule has 0 atom stereocenters. The summed E-state index contributed by atoms with van der Waals surface area (Å²) in [6.45, 7) is 0. The van der Waals surface area contributed by atoms with Gasteiger partial charge in [-0.05, 0) is 63.2 Å². The lowest BCUT2D eigenvalue weighted by Crippen LogP contribution is -2.00. The van der Waals surface area contributed by atoms with E-state index in [0.717, 1.165) is 89.1 Å². The first-order valence-corrected chi connectivity index (χ1v) is 23.7. The molecular weight excluding hydrogens is 881 g/mol. The van der Waals surface area contributed by atoms with E-state index in [9.17, 15) is 0 Å². The molecule has 0 aliphatic heterocycles. The van der Waals surface area contributed by atoms with Gasteiger partial charge in [-0.3, -0.25) is 9.97 Å². The minimum absolute atomic E-state index is 0.601. The van der Waals surface area contributed by atoms with Gasteiger partial charge in [0.25, 0.3) is 0 Å². The molecule has 0 N–H and O–H groups in total. The highest BCUT2D eigenvalue weighted by Crippen LogP contribution is 2.33. The van der Waals surface area contributed by atoms with Gasteiger partial charge in [0.2, 0.25) is 0 Å². The van der Waals surface area contributed by atoms with Crippen molar-refractivity contribution in [2.24, 2.45) is 0 Å². The number of nitrogens with zero attached hydrogens (tertiary/aromatic N) is 8. The first-order valence-electron chi connectivity index (χ1n) is 23.7. The van der Waals surface area contributed by atoms with Crippen molar-refractivity contribution >= 4 is 0 Å². The molecule has 8 aromatic carbocycles. The number of hydrogen-bond donors (Lipinski definition) is 0. The Morgan fingerprint density at radius 3 is 0.833 bits per heavy atom. The third-order valence-corrected chi connectivity index (χ3v) is 12.6. The molecule has 0 saturated heterocycles. The molecule has 0 spiro atoms. The Morgan fingerprint density at radius 2 is 0.472 bits per heavy atom. The summed E-state index contributed by atoms with van der Waals surface area (Å²) in [5.41, 5.74) is 16.2. The van der Waals surface area contributed by atoms with Gasteiger partial charge in [-0.2, -0.15) is 0 Å². The molecule has 72 heavy (non-hydrogen) atoms. The predicted octanol–water partition coefficient (Wildman–Crippen LogP) is 15.2. The Balaban J connectivity index is 0.770. The average molecular weight is 923 g/mol. The summed E-state index contributed by atoms with van der Waals surface area (Å²) in [5, 5.41) is 0. The van der Waals surface area contributed by atoms with Crippen molar-refractivity contribution in [2.45, 2.75) is 0 Å². The smallest absolute Gasteiger partial charge is 0.164 e. The van der Waals surface area contributed by atoms with Gasteiger partial charge in [0, 0.05) is 63.1 Å². The van der Waals surface area contributed by atoms with E-state index in [1.807, 2.05) is 122 Å². The van der Waals surface area contributed by atoms with E-state index in [2.05, 4.69) is 138 Å². The lowest BCUT2D eigenvalue weighted by molar-refractivity contribution is 1.07. The van der Waals surface area contributed by atoms with E-state index >= 15 is 0 Å². The summed E-state index contributed by atoms with van der Waals surface area (Å²) in [4.78, 5) is 38.7. The normalized spacial score (nSPS) is 11.1. The molecule has 8 heteroatoms.